The van der Waals surface area contributed by atoms with Crippen molar-refractivity contribution in [1.29, 1.82) is 0 Å². The summed E-state index contributed by atoms with van der Waals surface area (Å²) >= 11 is 0. The summed E-state index contributed by atoms with van der Waals surface area (Å²) in [6.45, 7) is 3.44. The van der Waals surface area contributed by atoms with Gasteiger partial charge in [-0.15, -0.1) is 0 Å². The van der Waals surface area contributed by atoms with Gasteiger partial charge in [0.1, 0.15) is 5.82 Å². The van der Waals surface area contributed by atoms with Crippen molar-refractivity contribution >= 4 is 15.9 Å². The SMILES string of the molecule is O=C(NC1CCS(=O)(=O)C1)N1CCN(CCc2ccccc2F)CC1. The fourth-order valence-electron chi connectivity index (χ4n) is 3.33. The standard InChI is InChI=1S/C17H24FN3O3S/c18-16-4-2-1-3-14(16)5-7-20-8-10-21(11-9-20)17(22)19-15-6-12-25(23,24)13-15/h1-4,15H,5-13H2,(H,19,22). The first-order valence-electron chi connectivity index (χ1n) is 8.64. The molecule has 1 N–H and O–H groups in total. The summed E-state index contributed by atoms with van der Waals surface area (Å²) in [7, 11) is -2.99. The Morgan fingerprint density at radius 1 is 1.20 bits per heavy atom. The highest BCUT2D eigenvalue weighted by atomic mass is 32.2. The van der Waals surface area contributed by atoms with E-state index < -0.39 is 9.84 Å². The van der Waals surface area contributed by atoms with Crippen LogP contribution >= 0.6 is 0 Å². The third-order valence-electron chi connectivity index (χ3n) is 4.87. The van der Waals surface area contributed by atoms with Gasteiger partial charge in [-0.05, 0) is 24.5 Å². The van der Waals surface area contributed by atoms with Gasteiger partial charge < -0.3 is 10.2 Å². The summed E-state index contributed by atoms with van der Waals surface area (Å²) in [5, 5.41) is 2.82. The highest BCUT2D eigenvalue weighted by molar-refractivity contribution is 7.91. The van der Waals surface area contributed by atoms with E-state index in [1.165, 1.54) is 6.07 Å². The van der Waals surface area contributed by atoms with E-state index in [0.717, 1.165) is 19.6 Å². The van der Waals surface area contributed by atoms with Crippen molar-refractivity contribution in [2.24, 2.45) is 0 Å². The third-order valence-corrected chi connectivity index (χ3v) is 6.64. The molecular formula is C17H24FN3O3S. The first-order chi connectivity index (χ1) is 11.9. The quantitative estimate of drug-likeness (QED) is 0.856. The second kappa shape index (κ2) is 7.70. The Morgan fingerprint density at radius 2 is 1.92 bits per heavy atom. The number of sulfone groups is 1. The number of piperazine rings is 1. The first kappa shape index (κ1) is 18.1. The molecule has 8 heteroatoms. The lowest BCUT2D eigenvalue weighted by Gasteiger charge is -2.35. The van der Waals surface area contributed by atoms with Gasteiger partial charge in [-0.1, -0.05) is 18.2 Å². The molecule has 0 radical (unpaired) electrons. The number of amides is 2. The van der Waals surface area contributed by atoms with Gasteiger partial charge in [0.15, 0.2) is 9.84 Å². The molecule has 0 bridgehead atoms. The van der Waals surface area contributed by atoms with Crippen LogP contribution in [0.25, 0.3) is 0 Å². The number of carbonyl (C=O) groups excluding carboxylic acids is 1. The van der Waals surface area contributed by atoms with E-state index in [-0.39, 0.29) is 29.4 Å². The predicted octanol–water partition coefficient (Wildman–Crippen LogP) is 0.883. The summed E-state index contributed by atoms with van der Waals surface area (Å²) in [6, 6.07) is 6.35. The number of nitrogens with one attached hydrogen (secondary N) is 1. The summed E-state index contributed by atoms with van der Waals surface area (Å²) in [6.07, 6.45) is 1.15. The fourth-order valence-corrected chi connectivity index (χ4v) is 5.00. The van der Waals surface area contributed by atoms with Gasteiger partial charge in [-0.2, -0.15) is 0 Å². The Bertz CT molecular complexity index is 718. The molecule has 0 spiro atoms. The maximum atomic E-state index is 13.6. The largest absolute Gasteiger partial charge is 0.334 e. The number of urea groups is 1. The molecule has 2 aliphatic rings. The molecule has 1 aromatic carbocycles. The number of hydrogen-bond acceptors (Lipinski definition) is 4. The Hall–Kier alpha value is -1.67. The summed E-state index contributed by atoms with van der Waals surface area (Å²) in [4.78, 5) is 16.2. The zero-order valence-corrected chi connectivity index (χ0v) is 15.0. The number of nitrogens with zero attached hydrogens (tertiary/aromatic N) is 2. The summed E-state index contributed by atoms with van der Waals surface area (Å²) < 4.78 is 36.6. The Labute approximate surface area is 147 Å². The maximum absolute atomic E-state index is 13.6. The molecule has 2 aliphatic heterocycles. The fraction of sp³-hybridized carbons (Fsp3) is 0.588. The molecule has 25 heavy (non-hydrogen) atoms. The summed E-state index contributed by atoms with van der Waals surface area (Å²) in [5.41, 5.74) is 0.713. The molecule has 2 fully saturated rings. The number of halogens is 1. The lowest BCUT2D eigenvalue weighted by Crippen LogP contribution is -2.53. The lowest BCUT2D eigenvalue weighted by atomic mass is 10.1. The van der Waals surface area contributed by atoms with Gasteiger partial charge in [0.2, 0.25) is 0 Å². The van der Waals surface area contributed by atoms with E-state index in [4.69, 9.17) is 0 Å². The molecule has 1 unspecified atom stereocenters. The molecule has 1 atom stereocenters. The molecule has 0 aromatic heterocycles. The smallest absolute Gasteiger partial charge is 0.317 e. The Balaban J connectivity index is 1.41. The number of carbonyl (C=O) groups is 1. The number of hydrogen-bond donors (Lipinski definition) is 1. The van der Waals surface area contributed by atoms with Gasteiger partial charge in [0.25, 0.3) is 0 Å². The van der Waals surface area contributed by atoms with E-state index in [0.29, 0.717) is 31.5 Å². The van der Waals surface area contributed by atoms with Crippen LogP contribution in [-0.2, 0) is 16.3 Å². The maximum Gasteiger partial charge on any atom is 0.317 e. The number of benzene rings is 1. The van der Waals surface area contributed by atoms with Crippen LogP contribution in [-0.4, -0.2) is 74.5 Å². The van der Waals surface area contributed by atoms with Crippen molar-refractivity contribution in [1.82, 2.24) is 15.1 Å². The monoisotopic (exact) mass is 369 g/mol. The molecule has 2 heterocycles. The highest BCUT2D eigenvalue weighted by Gasteiger charge is 2.30. The van der Waals surface area contributed by atoms with Crippen LogP contribution in [0.2, 0.25) is 0 Å². The average Bonchev–Trinajstić information content (AvgIpc) is 2.93. The lowest BCUT2D eigenvalue weighted by molar-refractivity contribution is 0.138. The second-order valence-electron chi connectivity index (χ2n) is 6.72. The van der Waals surface area contributed by atoms with Crippen molar-refractivity contribution in [3.8, 4) is 0 Å². The third kappa shape index (κ3) is 4.92. The Morgan fingerprint density at radius 3 is 2.56 bits per heavy atom. The van der Waals surface area contributed by atoms with E-state index in [1.807, 2.05) is 6.07 Å². The molecule has 6 nitrogen and oxygen atoms in total. The predicted molar refractivity (Wildman–Crippen MR) is 93.7 cm³/mol. The van der Waals surface area contributed by atoms with Crippen molar-refractivity contribution in [3.05, 3.63) is 35.6 Å². The van der Waals surface area contributed by atoms with E-state index in [2.05, 4.69) is 10.2 Å². The molecule has 0 aliphatic carbocycles. The first-order valence-corrected chi connectivity index (χ1v) is 10.5. The van der Waals surface area contributed by atoms with Crippen LogP contribution in [0.15, 0.2) is 24.3 Å². The molecule has 1 aromatic rings. The summed E-state index contributed by atoms with van der Waals surface area (Å²) in [5.74, 6) is 0.0235. The van der Waals surface area contributed by atoms with Crippen LogP contribution in [0, 0.1) is 5.82 Å². The highest BCUT2D eigenvalue weighted by Crippen LogP contribution is 2.13. The molecule has 2 saturated heterocycles. The van der Waals surface area contributed by atoms with Crippen LogP contribution in [0.3, 0.4) is 0 Å². The van der Waals surface area contributed by atoms with Gasteiger partial charge in [-0.25, -0.2) is 17.6 Å². The normalized spacial score (nSPS) is 23.6. The average molecular weight is 369 g/mol. The van der Waals surface area contributed by atoms with Crippen LogP contribution < -0.4 is 5.32 Å². The molecule has 2 amide bonds. The van der Waals surface area contributed by atoms with E-state index in [1.54, 1.807) is 17.0 Å². The van der Waals surface area contributed by atoms with Gasteiger partial charge >= 0.3 is 6.03 Å². The minimum atomic E-state index is -2.99. The van der Waals surface area contributed by atoms with Crippen LogP contribution in [0.1, 0.15) is 12.0 Å². The van der Waals surface area contributed by atoms with E-state index >= 15 is 0 Å². The topological polar surface area (TPSA) is 69.7 Å². The molecule has 138 valence electrons. The molecular weight excluding hydrogens is 345 g/mol. The number of rotatable bonds is 4. The van der Waals surface area contributed by atoms with Crippen molar-refractivity contribution < 1.29 is 17.6 Å². The van der Waals surface area contributed by atoms with Crippen LogP contribution in [0.4, 0.5) is 9.18 Å². The van der Waals surface area contributed by atoms with Crippen molar-refractivity contribution in [2.45, 2.75) is 18.9 Å². The molecule has 3 rings (SSSR count). The minimum Gasteiger partial charge on any atom is -0.334 e. The van der Waals surface area contributed by atoms with Crippen molar-refractivity contribution in [3.63, 3.8) is 0 Å². The molecule has 0 saturated carbocycles. The van der Waals surface area contributed by atoms with Gasteiger partial charge in [0, 0.05) is 38.8 Å². The minimum absolute atomic E-state index is 0.0430. The second-order valence-corrected chi connectivity index (χ2v) is 8.95. The van der Waals surface area contributed by atoms with Crippen LogP contribution in [0.5, 0.6) is 0 Å². The Kier molecular flexibility index (Phi) is 5.58. The van der Waals surface area contributed by atoms with Gasteiger partial charge in [0.05, 0.1) is 11.5 Å². The van der Waals surface area contributed by atoms with Crippen molar-refractivity contribution in [2.75, 3.05) is 44.2 Å². The zero-order valence-electron chi connectivity index (χ0n) is 14.2. The zero-order chi connectivity index (χ0) is 17.9. The van der Waals surface area contributed by atoms with Gasteiger partial charge in [-0.3, -0.25) is 4.90 Å². The van der Waals surface area contributed by atoms with E-state index in [9.17, 15) is 17.6 Å².